The highest BCUT2D eigenvalue weighted by atomic mass is 32.2. The first kappa shape index (κ1) is 28.8. The topological polar surface area (TPSA) is 153 Å². The van der Waals surface area contributed by atoms with Crippen LogP contribution in [0.15, 0.2) is 82.6 Å². The summed E-state index contributed by atoms with van der Waals surface area (Å²) in [5.74, 6) is 1.98. The minimum absolute atomic E-state index is 0.0101. The lowest BCUT2D eigenvalue weighted by Crippen LogP contribution is -2.09. The Labute approximate surface area is 231 Å². The number of benzene rings is 3. The largest absolute Gasteiger partial charge is 0.491 e. The zero-order valence-electron chi connectivity index (χ0n) is 20.3. The number of hydrogen-bond donors (Lipinski definition) is 5. The molecule has 0 atom stereocenters. The minimum atomic E-state index is -0.0101. The predicted molar refractivity (Wildman–Crippen MR) is 146 cm³/mol. The molecule has 12 nitrogen and oxygen atoms in total. The first-order valence-electron chi connectivity index (χ1n) is 11.5. The maximum atomic E-state index is 8.72. The van der Waals surface area contributed by atoms with E-state index in [1.54, 1.807) is 6.07 Å². The molecule has 0 unspecified atom stereocenters. The third kappa shape index (κ3) is 8.94. The van der Waals surface area contributed by atoms with E-state index in [2.05, 4.69) is 34.4 Å². The van der Waals surface area contributed by atoms with Gasteiger partial charge >= 0.3 is 0 Å². The second kappa shape index (κ2) is 15.4. The first-order chi connectivity index (χ1) is 19.2. The summed E-state index contributed by atoms with van der Waals surface area (Å²) < 4.78 is 19.9. The van der Waals surface area contributed by atoms with Crippen LogP contribution < -0.4 is 15.4 Å². The lowest BCUT2D eigenvalue weighted by Gasteiger charge is -2.12. The van der Waals surface area contributed by atoms with Crippen molar-refractivity contribution in [3.8, 4) is 5.75 Å². The first-order valence-corrected chi connectivity index (χ1v) is 13.0. The number of hydrogen-bond acceptors (Lipinski definition) is 14. The Kier molecular flexibility index (Phi) is 11.4. The minimum Gasteiger partial charge on any atom is -0.491 e. The second-order valence-corrected chi connectivity index (χ2v) is 9.19. The molecule has 14 heteroatoms. The van der Waals surface area contributed by atoms with E-state index < -0.39 is 0 Å². The number of fused-ring (bicyclic) bond motifs is 1. The summed E-state index contributed by atoms with van der Waals surface area (Å²) in [5.41, 5.74) is 1.61. The summed E-state index contributed by atoms with van der Waals surface area (Å²) in [6, 6.07) is 22.2. The van der Waals surface area contributed by atoms with E-state index in [4.69, 9.17) is 25.1 Å². The summed E-state index contributed by atoms with van der Waals surface area (Å²) in [5, 5.41) is 41.3. The number of aliphatic hydroxyl groups excluding tert-OH is 1. The molecule has 0 fully saturated rings. The average molecular weight is 576 g/mol. The van der Waals surface area contributed by atoms with E-state index in [1.807, 2.05) is 66.7 Å². The van der Waals surface area contributed by atoms with Crippen molar-refractivity contribution in [1.82, 2.24) is 4.98 Å². The van der Waals surface area contributed by atoms with Crippen molar-refractivity contribution in [3.05, 3.63) is 72.8 Å². The van der Waals surface area contributed by atoms with E-state index in [0.717, 1.165) is 46.2 Å². The van der Waals surface area contributed by atoms with Gasteiger partial charge in [-0.1, -0.05) is 22.2 Å². The molecule has 0 radical (unpaired) electrons. The number of anilines is 4. The lowest BCUT2D eigenvalue weighted by atomic mass is 10.1. The number of pyridine rings is 1. The van der Waals surface area contributed by atoms with E-state index in [-0.39, 0.29) is 6.61 Å². The van der Waals surface area contributed by atoms with Crippen LogP contribution in [0.2, 0.25) is 0 Å². The van der Waals surface area contributed by atoms with Crippen molar-refractivity contribution >= 4 is 57.9 Å². The molecular formula is C25H25N3O9S2. The highest BCUT2D eigenvalue weighted by Gasteiger charge is 2.10. The van der Waals surface area contributed by atoms with E-state index in [0.29, 0.717) is 47.0 Å². The van der Waals surface area contributed by atoms with Crippen LogP contribution >= 0.6 is 24.1 Å². The fraction of sp³-hybridized carbons (Fsp3) is 0.160. The van der Waals surface area contributed by atoms with Gasteiger partial charge in [-0.15, -0.1) is 8.67 Å². The van der Waals surface area contributed by atoms with E-state index in [1.165, 1.54) is 0 Å². The van der Waals surface area contributed by atoms with Crippen molar-refractivity contribution < 1.29 is 43.8 Å². The summed E-state index contributed by atoms with van der Waals surface area (Å²) in [4.78, 5) is 5.87. The number of aromatic nitrogens is 1. The van der Waals surface area contributed by atoms with Crippen molar-refractivity contribution in [2.24, 2.45) is 0 Å². The SMILES string of the molecule is OCCOCCOc1ccc(Nc2cccc(Nc3ccc4c(SOOO)cc(SOOO)cc4c3)n2)cc1. The summed E-state index contributed by atoms with van der Waals surface area (Å²) in [6.07, 6.45) is 0. The van der Waals surface area contributed by atoms with Crippen molar-refractivity contribution in [3.63, 3.8) is 0 Å². The molecule has 0 aliphatic heterocycles. The molecule has 1 heterocycles. The molecule has 4 aromatic rings. The summed E-state index contributed by atoms with van der Waals surface area (Å²) in [6.45, 7) is 1.08. The molecule has 0 spiro atoms. The molecule has 0 amide bonds. The van der Waals surface area contributed by atoms with Crippen LogP contribution in [0, 0.1) is 0 Å². The van der Waals surface area contributed by atoms with Crippen LogP contribution in [0.1, 0.15) is 0 Å². The Morgan fingerprint density at radius 3 is 2.21 bits per heavy atom. The van der Waals surface area contributed by atoms with Crippen LogP contribution in [0.4, 0.5) is 23.0 Å². The van der Waals surface area contributed by atoms with Crippen LogP contribution in [0.5, 0.6) is 5.75 Å². The van der Waals surface area contributed by atoms with Crippen molar-refractivity contribution in [1.29, 1.82) is 0 Å². The highest BCUT2D eigenvalue weighted by Crippen LogP contribution is 2.36. The Bertz CT molecular complexity index is 1330. The fourth-order valence-corrected chi connectivity index (χ4v) is 4.58. The number of nitrogens with zero attached hydrogens (tertiary/aromatic N) is 1. The van der Waals surface area contributed by atoms with Gasteiger partial charge in [0.1, 0.15) is 24.0 Å². The maximum absolute atomic E-state index is 8.72. The molecule has 5 N–H and O–H groups in total. The fourth-order valence-electron chi connectivity index (χ4n) is 3.50. The van der Waals surface area contributed by atoms with Gasteiger partial charge in [-0.05, 0) is 71.4 Å². The third-order valence-corrected chi connectivity index (χ3v) is 6.29. The molecule has 0 saturated carbocycles. The number of nitrogens with one attached hydrogen (secondary N) is 2. The van der Waals surface area contributed by atoms with Crippen molar-refractivity contribution in [2.75, 3.05) is 37.1 Å². The lowest BCUT2D eigenvalue weighted by molar-refractivity contribution is -0.432. The smallest absolute Gasteiger partial charge is 0.132 e. The molecule has 206 valence electrons. The number of rotatable bonds is 16. The Hall–Kier alpha value is -3.15. The number of aliphatic hydroxyl groups is 1. The van der Waals surface area contributed by atoms with Gasteiger partial charge in [-0.3, -0.25) is 0 Å². The molecule has 0 aliphatic carbocycles. The Morgan fingerprint density at radius 1 is 0.744 bits per heavy atom. The van der Waals surface area contributed by atoms with E-state index >= 15 is 0 Å². The normalized spacial score (nSPS) is 11.1. The van der Waals surface area contributed by atoms with Gasteiger partial charge in [0.2, 0.25) is 0 Å². The molecule has 39 heavy (non-hydrogen) atoms. The van der Waals surface area contributed by atoms with Gasteiger partial charge in [0.05, 0.1) is 43.9 Å². The zero-order valence-corrected chi connectivity index (χ0v) is 21.9. The van der Waals surface area contributed by atoms with Gasteiger partial charge in [-0.2, -0.15) is 0 Å². The van der Waals surface area contributed by atoms with Crippen LogP contribution in [0.3, 0.4) is 0 Å². The van der Waals surface area contributed by atoms with Gasteiger partial charge < -0.3 is 25.2 Å². The van der Waals surface area contributed by atoms with Crippen molar-refractivity contribution in [2.45, 2.75) is 9.79 Å². The van der Waals surface area contributed by atoms with Gasteiger partial charge in [-0.25, -0.2) is 15.5 Å². The standard InChI is InChI=1S/C25H25N3O9S2/c29-10-11-32-12-13-33-20-7-4-18(5-8-20)26-24-2-1-3-25(28-24)27-19-6-9-22-17(14-19)15-21(38-36-34-30)16-23(22)39-37-35-31/h1-9,14-16,29-31H,10-13H2,(H2,26,27,28). The maximum Gasteiger partial charge on any atom is 0.132 e. The quantitative estimate of drug-likeness (QED) is 0.0461. The van der Waals surface area contributed by atoms with Crippen LogP contribution in [0.25, 0.3) is 10.8 Å². The van der Waals surface area contributed by atoms with Gasteiger partial charge in [0.15, 0.2) is 0 Å². The summed E-state index contributed by atoms with van der Waals surface area (Å²) >= 11 is 1.61. The molecule has 4 rings (SSSR count). The molecule has 3 aromatic carbocycles. The molecule has 0 saturated heterocycles. The highest BCUT2D eigenvalue weighted by molar-refractivity contribution is 7.95. The van der Waals surface area contributed by atoms with Crippen LogP contribution in [-0.2, 0) is 23.5 Å². The van der Waals surface area contributed by atoms with Gasteiger partial charge in [0, 0.05) is 21.2 Å². The van der Waals surface area contributed by atoms with Crippen LogP contribution in [-0.4, -0.2) is 47.0 Å². The molecular weight excluding hydrogens is 550 g/mol. The number of ether oxygens (including phenoxy) is 2. The zero-order chi connectivity index (χ0) is 27.3. The molecule has 0 aliphatic rings. The Balaban J connectivity index is 1.42. The van der Waals surface area contributed by atoms with Gasteiger partial charge in [0.25, 0.3) is 0 Å². The molecule has 0 bridgehead atoms. The predicted octanol–water partition coefficient (Wildman–Crippen LogP) is 5.97. The second-order valence-electron chi connectivity index (χ2n) is 7.68. The average Bonchev–Trinajstić information content (AvgIpc) is 2.95. The Morgan fingerprint density at radius 2 is 1.46 bits per heavy atom. The third-order valence-electron chi connectivity index (χ3n) is 5.08. The molecule has 1 aromatic heterocycles. The monoisotopic (exact) mass is 575 g/mol. The van der Waals surface area contributed by atoms with E-state index in [9.17, 15) is 0 Å². The summed E-state index contributed by atoms with van der Waals surface area (Å²) in [7, 11) is 0.